The molecule has 0 spiro atoms. The fourth-order valence-corrected chi connectivity index (χ4v) is 4.99. The second kappa shape index (κ2) is 7.99. The van der Waals surface area contributed by atoms with Gasteiger partial charge in [-0.2, -0.15) is 9.97 Å². The molecule has 2 saturated heterocycles. The molecule has 168 valence electrons. The summed E-state index contributed by atoms with van der Waals surface area (Å²) in [6.07, 6.45) is 4.68. The highest BCUT2D eigenvalue weighted by molar-refractivity contribution is 5.95. The highest BCUT2D eigenvalue weighted by Gasteiger charge is 2.25. The number of phenolic OH excluding ortho intramolecular Hbond substituents is 2. The van der Waals surface area contributed by atoms with Crippen LogP contribution in [0.1, 0.15) is 25.7 Å². The van der Waals surface area contributed by atoms with E-state index in [9.17, 15) is 10.2 Å². The lowest BCUT2D eigenvalue weighted by molar-refractivity contribution is 0.474. The van der Waals surface area contributed by atoms with E-state index in [1.807, 2.05) is 24.3 Å². The summed E-state index contributed by atoms with van der Waals surface area (Å²) < 4.78 is 2.14. The lowest BCUT2D eigenvalue weighted by Gasteiger charge is -2.22. The Morgan fingerprint density at radius 1 is 0.667 bits per heavy atom. The normalized spacial score (nSPS) is 16.2. The first kappa shape index (κ1) is 19.9. The zero-order chi connectivity index (χ0) is 22.4. The molecule has 4 aromatic rings. The molecule has 0 aliphatic carbocycles. The van der Waals surface area contributed by atoms with Crippen molar-refractivity contribution in [3.05, 3.63) is 54.6 Å². The Kier molecular flexibility index (Phi) is 4.82. The molecule has 2 aromatic carbocycles. The summed E-state index contributed by atoms with van der Waals surface area (Å²) in [4.78, 5) is 14.8. The van der Waals surface area contributed by atoms with Crippen LogP contribution in [0.4, 0.5) is 11.8 Å². The van der Waals surface area contributed by atoms with Gasteiger partial charge >= 0.3 is 0 Å². The maximum absolute atomic E-state index is 9.88. The lowest BCUT2D eigenvalue weighted by atomic mass is 10.1. The van der Waals surface area contributed by atoms with Crippen molar-refractivity contribution < 1.29 is 10.2 Å². The molecule has 33 heavy (non-hydrogen) atoms. The minimum Gasteiger partial charge on any atom is -0.508 e. The van der Waals surface area contributed by atoms with Crippen LogP contribution < -0.4 is 9.80 Å². The molecule has 2 fully saturated rings. The molecule has 0 saturated carbocycles. The van der Waals surface area contributed by atoms with E-state index < -0.39 is 0 Å². The van der Waals surface area contributed by atoms with Crippen LogP contribution in [0.5, 0.6) is 11.5 Å². The number of phenols is 2. The molecule has 0 radical (unpaired) electrons. The van der Waals surface area contributed by atoms with E-state index in [1.165, 1.54) is 12.8 Å². The van der Waals surface area contributed by atoms with Crippen molar-refractivity contribution in [1.82, 2.24) is 14.5 Å². The molecule has 0 unspecified atom stereocenters. The van der Waals surface area contributed by atoms with Crippen LogP contribution in [-0.2, 0) is 0 Å². The van der Waals surface area contributed by atoms with Gasteiger partial charge in [-0.25, -0.2) is 0 Å². The Labute approximate surface area is 192 Å². The zero-order valence-corrected chi connectivity index (χ0v) is 18.5. The first-order chi connectivity index (χ1) is 16.2. The van der Waals surface area contributed by atoms with E-state index in [0.29, 0.717) is 0 Å². The average molecular weight is 442 g/mol. The van der Waals surface area contributed by atoms with Gasteiger partial charge < -0.3 is 20.0 Å². The molecule has 2 aromatic heterocycles. The van der Waals surface area contributed by atoms with E-state index in [0.717, 1.165) is 78.8 Å². The number of anilines is 2. The number of aromatic nitrogens is 3. The average Bonchev–Trinajstić information content (AvgIpc) is 3.60. The van der Waals surface area contributed by atoms with E-state index in [-0.39, 0.29) is 11.5 Å². The Bertz CT molecular complexity index is 1290. The van der Waals surface area contributed by atoms with Gasteiger partial charge in [-0.3, -0.25) is 4.57 Å². The summed E-state index contributed by atoms with van der Waals surface area (Å²) in [6, 6.07) is 16.6. The number of benzene rings is 2. The largest absolute Gasteiger partial charge is 0.508 e. The van der Waals surface area contributed by atoms with Gasteiger partial charge in [-0.05, 0) is 85.8 Å². The molecule has 6 rings (SSSR count). The Hall–Kier alpha value is -3.74. The van der Waals surface area contributed by atoms with Crippen LogP contribution in [-0.4, -0.2) is 50.9 Å². The summed E-state index contributed by atoms with van der Waals surface area (Å²) in [5, 5.41) is 20.7. The van der Waals surface area contributed by atoms with Crippen molar-refractivity contribution in [3.63, 3.8) is 0 Å². The van der Waals surface area contributed by atoms with Crippen LogP contribution in [0.3, 0.4) is 0 Å². The van der Waals surface area contributed by atoms with Crippen LogP contribution in [0, 0.1) is 0 Å². The molecular weight excluding hydrogens is 414 g/mol. The van der Waals surface area contributed by atoms with Crippen LogP contribution in [0.25, 0.3) is 28.0 Å². The van der Waals surface area contributed by atoms with Gasteiger partial charge in [-0.1, -0.05) is 0 Å². The highest BCUT2D eigenvalue weighted by Crippen LogP contribution is 2.38. The van der Waals surface area contributed by atoms with Gasteiger partial charge in [0.15, 0.2) is 5.65 Å². The third-order valence-corrected chi connectivity index (χ3v) is 6.69. The third-order valence-electron chi connectivity index (χ3n) is 6.69. The topological polar surface area (TPSA) is 77.7 Å². The molecule has 2 N–H and O–H groups in total. The van der Waals surface area contributed by atoms with Gasteiger partial charge in [0.2, 0.25) is 5.95 Å². The number of hydrogen-bond acceptors (Lipinski definition) is 6. The second-order valence-electron chi connectivity index (χ2n) is 8.90. The van der Waals surface area contributed by atoms with Crippen molar-refractivity contribution in [2.45, 2.75) is 25.7 Å². The van der Waals surface area contributed by atoms with E-state index in [1.54, 1.807) is 24.3 Å². The Balaban J connectivity index is 1.64. The van der Waals surface area contributed by atoms with Gasteiger partial charge in [0.05, 0.1) is 11.1 Å². The van der Waals surface area contributed by atoms with E-state index in [4.69, 9.17) is 9.97 Å². The van der Waals surface area contributed by atoms with E-state index in [2.05, 4.69) is 20.4 Å². The van der Waals surface area contributed by atoms with Crippen LogP contribution >= 0.6 is 0 Å². The smallest absolute Gasteiger partial charge is 0.229 e. The van der Waals surface area contributed by atoms with Crippen LogP contribution in [0.15, 0.2) is 54.6 Å². The molecule has 2 aliphatic heterocycles. The number of fused-ring (bicyclic) bond motifs is 1. The number of aromatic hydroxyl groups is 2. The molecule has 2 aliphatic rings. The maximum atomic E-state index is 9.88. The van der Waals surface area contributed by atoms with Gasteiger partial charge in [-0.15, -0.1) is 0 Å². The molecule has 4 heterocycles. The standard InChI is InChI=1S/C26H27N5O2/c32-20-9-5-18(6-10-20)23-17-22-24(29-13-1-2-14-29)27-26(30-15-3-4-16-30)28-25(22)31(23)19-7-11-21(33)12-8-19/h5-12,17,32-33H,1-4,13-16H2. The molecule has 0 bridgehead atoms. The van der Waals surface area contributed by atoms with Crippen molar-refractivity contribution >= 4 is 22.8 Å². The minimum absolute atomic E-state index is 0.228. The zero-order valence-electron chi connectivity index (χ0n) is 18.5. The molecule has 7 nitrogen and oxygen atoms in total. The molecule has 7 heteroatoms. The predicted molar refractivity (Wildman–Crippen MR) is 131 cm³/mol. The van der Waals surface area contributed by atoms with Gasteiger partial charge in [0, 0.05) is 31.9 Å². The SMILES string of the molecule is Oc1ccc(-c2cc3c(N4CCCC4)nc(N4CCCC4)nc3n2-c2ccc(O)cc2)cc1. The van der Waals surface area contributed by atoms with Gasteiger partial charge in [0.1, 0.15) is 17.3 Å². The highest BCUT2D eigenvalue weighted by atomic mass is 16.3. The summed E-state index contributed by atoms with van der Waals surface area (Å²) in [5.74, 6) is 2.25. The number of rotatable bonds is 4. The lowest BCUT2D eigenvalue weighted by Crippen LogP contribution is -2.24. The maximum Gasteiger partial charge on any atom is 0.229 e. The molecule has 0 amide bonds. The number of nitrogens with zero attached hydrogens (tertiary/aromatic N) is 5. The van der Waals surface area contributed by atoms with Crippen molar-refractivity contribution in [2.75, 3.05) is 36.0 Å². The summed E-state index contributed by atoms with van der Waals surface area (Å²) >= 11 is 0. The van der Waals surface area contributed by atoms with Crippen molar-refractivity contribution in [1.29, 1.82) is 0 Å². The second-order valence-corrected chi connectivity index (χ2v) is 8.90. The predicted octanol–water partition coefficient (Wildman–Crippen LogP) is 4.70. The fourth-order valence-electron chi connectivity index (χ4n) is 4.99. The molecule has 0 atom stereocenters. The van der Waals surface area contributed by atoms with Crippen LogP contribution in [0.2, 0.25) is 0 Å². The summed E-state index contributed by atoms with van der Waals surface area (Å²) in [6.45, 7) is 3.97. The minimum atomic E-state index is 0.228. The monoisotopic (exact) mass is 441 g/mol. The Morgan fingerprint density at radius 2 is 1.24 bits per heavy atom. The Morgan fingerprint density at radius 3 is 1.88 bits per heavy atom. The number of hydrogen-bond donors (Lipinski definition) is 2. The van der Waals surface area contributed by atoms with Gasteiger partial charge in [0.25, 0.3) is 0 Å². The molecular formula is C26H27N5O2. The van der Waals surface area contributed by atoms with Crippen molar-refractivity contribution in [2.24, 2.45) is 0 Å². The van der Waals surface area contributed by atoms with Crippen molar-refractivity contribution in [3.8, 4) is 28.4 Å². The van der Waals surface area contributed by atoms with E-state index >= 15 is 0 Å². The summed E-state index contributed by atoms with van der Waals surface area (Å²) in [7, 11) is 0. The first-order valence-corrected chi connectivity index (χ1v) is 11.7. The summed E-state index contributed by atoms with van der Waals surface area (Å²) in [5.41, 5.74) is 3.74. The quantitative estimate of drug-likeness (QED) is 0.478. The fraction of sp³-hybridized carbons (Fsp3) is 0.308. The first-order valence-electron chi connectivity index (χ1n) is 11.7. The third kappa shape index (κ3) is 3.53.